The van der Waals surface area contributed by atoms with Crippen LogP contribution in [0.2, 0.25) is 0 Å². The Bertz CT molecular complexity index is 574. The quantitative estimate of drug-likeness (QED) is 0.752. The fraction of sp³-hybridized carbons (Fsp3) is 0.375. The molecule has 2 aromatic rings. The Labute approximate surface area is 108 Å². The van der Waals surface area contributed by atoms with E-state index in [0.29, 0.717) is 5.69 Å². The lowest BCUT2D eigenvalue weighted by atomic mass is 9.97. The number of fused-ring (bicyclic) bond motifs is 1. The van der Waals surface area contributed by atoms with E-state index in [9.17, 15) is 4.79 Å². The Balaban J connectivity index is 2.43. The number of hydrogen-bond acceptors (Lipinski definition) is 2. The predicted octanol–water partition coefficient (Wildman–Crippen LogP) is 4.16. The van der Waals surface area contributed by atoms with Crippen LogP contribution in [0, 0.1) is 12.8 Å². The predicted molar refractivity (Wildman–Crippen MR) is 74.9 cm³/mol. The summed E-state index contributed by atoms with van der Waals surface area (Å²) in [6.45, 7) is 6.12. The molecular weight excluding hydrogens is 222 g/mol. The summed E-state index contributed by atoms with van der Waals surface area (Å²) < 4.78 is 0. The van der Waals surface area contributed by atoms with E-state index in [-0.39, 0.29) is 11.7 Å². The lowest BCUT2D eigenvalue weighted by Crippen LogP contribution is -2.13. The van der Waals surface area contributed by atoms with E-state index in [2.05, 4.69) is 11.9 Å². The molecular formula is C16H19NO. The molecule has 1 heterocycles. The molecule has 1 aromatic carbocycles. The lowest BCUT2D eigenvalue weighted by Gasteiger charge is -2.10. The van der Waals surface area contributed by atoms with Gasteiger partial charge in [0.05, 0.1) is 5.52 Å². The van der Waals surface area contributed by atoms with Gasteiger partial charge in [-0.1, -0.05) is 38.5 Å². The number of Topliss-reactive ketones (excluding diaryl/α,β-unsaturated/α-hetero) is 1. The molecule has 0 amide bonds. The molecule has 2 nitrogen and oxygen atoms in total. The minimum absolute atomic E-state index is 0.0584. The summed E-state index contributed by atoms with van der Waals surface area (Å²) >= 11 is 0. The van der Waals surface area contributed by atoms with Crippen molar-refractivity contribution in [2.24, 2.45) is 5.92 Å². The van der Waals surface area contributed by atoms with E-state index in [4.69, 9.17) is 0 Å². The van der Waals surface area contributed by atoms with Gasteiger partial charge in [-0.15, -0.1) is 0 Å². The zero-order valence-electron chi connectivity index (χ0n) is 11.2. The van der Waals surface area contributed by atoms with Crippen LogP contribution in [0.25, 0.3) is 10.9 Å². The number of aryl methyl sites for hydroxylation is 1. The average Bonchev–Trinajstić information content (AvgIpc) is 2.38. The van der Waals surface area contributed by atoms with Crippen LogP contribution in [-0.2, 0) is 0 Å². The summed E-state index contributed by atoms with van der Waals surface area (Å²) in [5.74, 6) is 0.216. The fourth-order valence-electron chi connectivity index (χ4n) is 2.29. The number of carbonyl (C=O) groups is 1. The van der Waals surface area contributed by atoms with Crippen LogP contribution in [0.1, 0.15) is 42.7 Å². The zero-order chi connectivity index (χ0) is 13.1. The molecule has 1 aromatic heterocycles. The molecule has 0 saturated heterocycles. The van der Waals surface area contributed by atoms with E-state index in [1.54, 1.807) is 0 Å². The van der Waals surface area contributed by atoms with Gasteiger partial charge in [-0.2, -0.15) is 0 Å². The lowest BCUT2D eigenvalue weighted by molar-refractivity contribution is 0.0919. The van der Waals surface area contributed by atoms with Gasteiger partial charge in [0.15, 0.2) is 5.78 Å². The van der Waals surface area contributed by atoms with Crippen LogP contribution in [0.5, 0.6) is 0 Å². The molecule has 1 atom stereocenters. The smallest absolute Gasteiger partial charge is 0.183 e. The summed E-state index contributed by atoms with van der Waals surface area (Å²) in [6, 6.07) is 9.87. The Hall–Kier alpha value is -1.70. The van der Waals surface area contributed by atoms with Crippen LogP contribution in [0.3, 0.4) is 0 Å². The van der Waals surface area contributed by atoms with E-state index >= 15 is 0 Å². The third kappa shape index (κ3) is 2.42. The largest absolute Gasteiger partial charge is 0.292 e. The molecule has 0 fully saturated rings. The first-order valence-corrected chi connectivity index (χ1v) is 6.54. The first-order valence-electron chi connectivity index (χ1n) is 6.54. The Kier molecular flexibility index (Phi) is 3.75. The van der Waals surface area contributed by atoms with Crippen LogP contribution in [-0.4, -0.2) is 10.8 Å². The maximum Gasteiger partial charge on any atom is 0.183 e. The van der Waals surface area contributed by atoms with Crippen LogP contribution >= 0.6 is 0 Å². The fourth-order valence-corrected chi connectivity index (χ4v) is 2.29. The highest BCUT2D eigenvalue weighted by Crippen LogP contribution is 2.20. The second kappa shape index (κ2) is 5.30. The summed E-state index contributed by atoms with van der Waals surface area (Å²) in [7, 11) is 0. The third-order valence-corrected chi connectivity index (χ3v) is 3.34. The molecule has 0 aliphatic heterocycles. The second-order valence-electron chi connectivity index (χ2n) is 4.90. The Morgan fingerprint density at radius 3 is 2.78 bits per heavy atom. The molecule has 0 N–H and O–H groups in total. The van der Waals surface area contributed by atoms with Gasteiger partial charge in [-0.3, -0.25) is 4.79 Å². The van der Waals surface area contributed by atoms with E-state index in [0.717, 1.165) is 29.3 Å². The van der Waals surface area contributed by atoms with Crippen LogP contribution in [0.4, 0.5) is 0 Å². The van der Waals surface area contributed by atoms with Crippen molar-refractivity contribution in [3.05, 3.63) is 41.6 Å². The van der Waals surface area contributed by atoms with Crippen molar-refractivity contribution in [1.82, 2.24) is 4.98 Å². The van der Waals surface area contributed by atoms with E-state index < -0.39 is 0 Å². The SMILES string of the molecule is CCCC(C)C(=O)c1cc(C)c2ccccc2n1. The maximum atomic E-state index is 12.3. The van der Waals surface area contributed by atoms with Crippen molar-refractivity contribution < 1.29 is 4.79 Å². The summed E-state index contributed by atoms with van der Waals surface area (Å²) in [4.78, 5) is 16.8. The normalized spacial score (nSPS) is 12.6. The molecule has 0 saturated carbocycles. The number of pyridine rings is 1. The van der Waals surface area contributed by atoms with Crippen molar-refractivity contribution in [1.29, 1.82) is 0 Å². The summed E-state index contributed by atoms with van der Waals surface area (Å²) in [5.41, 5.74) is 2.63. The minimum Gasteiger partial charge on any atom is -0.292 e. The number of ketones is 1. The minimum atomic E-state index is 0.0584. The van der Waals surface area contributed by atoms with Crippen molar-refractivity contribution in [3.8, 4) is 0 Å². The molecule has 18 heavy (non-hydrogen) atoms. The third-order valence-electron chi connectivity index (χ3n) is 3.34. The van der Waals surface area contributed by atoms with Gasteiger partial charge in [0, 0.05) is 11.3 Å². The number of para-hydroxylation sites is 1. The molecule has 2 heteroatoms. The molecule has 2 rings (SSSR count). The number of nitrogens with zero attached hydrogens (tertiary/aromatic N) is 1. The number of carbonyl (C=O) groups excluding carboxylic acids is 1. The van der Waals surface area contributed by atoms with Crippen molar-refractivity contribution in [2.75, 3.05) is 0 Å². The summed E-state index contributed by atoms with van der Waals surface area (Å²) in [6.07, 6.45) is 1.95. The van der Waals surface area contributed by atoms with Crippen LogP contribution < -0.4 is 0 Å². The van der Waals surface area contributed by atoms with Gasteiger partial charge in [0.2, 0.25) is 0 Å². The number of aromatic nitrogens is 1. The van der Waals surface area contributed by atoms with E-state index in [1.165, 1.54) is 0 Å². The van der Waals surface area contributed by atoms with Crippen molar-refractivity contribution >= 4 is 16.7 Å². The van der Waals surface area contributed by atoms with Gasteiger partial charge >= 0.3 is 0 Å². The molecule has 0 spiro atoms. The maximum absolute atomic E-state index is 12.3. The second-order valence-corrected chi connectivity index (χ2v) is 4.90. The van der Waals surface area contributed by atoms with Gasteiger partial charge in [0.25, 0.3) is 0 Å². The van der Waals surface area contributed by atoms with Crippen LogP contribution in [0.15, 0.2) is 30.3 Å². The average molecular weight is 241 g/mol. The van der Waals surface area contributed by atoms with Gasteiger partial charge in [0.1, 0.15) is 5.69 Å². The van der Waals surface area contributed by atoms with Gasteiger partial charge in [-0.25, -0.2) is 4.98 Å². The first kappa shape index (κ1) is 12.7. The van der Waals surface area contributed by atoms with E-state index in [1.807, 2.05) is 44.2 Å². The number of rotatable bonds is 4. The highest BCUT2D eigenvalue weighted by molar-refractivity contribution is 5.98. The highest BCUT2D eigenvalue weighted by atomic mass is 16.1. The number of benzene rings is 1. The Morgan fingerprint density at radius 2 is 2.06 bits per heavy atom. The molecule has 1 unspecified atom stereocenters. The van der Waals surface area contributed by atoms with Crippen molar-refractivity contribution in [3.63, 3.8) is 0 Å². The monoisotopic (exact) mass is 241 g/mol. The molecule has 0 aliphatic carbocycles. The first-order chi connectivity index (χ1) is 8.63. The zero-order valence-corrected chi connectivity index (χ0v) is 11.2. The highest BCUT2D eigenvalue weighted by Gasteiger charge is 2.16. The molecule has 94 valence electrons. The molecule has 0 aliphatic rings. The topological polar surface area (TPSA) is 30.0 Å². The standard InChI is InChI=1S/C16H19NO/c1-4-7-11(2)16(18)15-10-12(3)13-8-5-6-9-14(13)17-15/h5-6,8-11H,4,7H2,1-3H3. The van der Waals surface area contributed by atoms with Gasteiger partial charge in [-0.05, 0) is 31.0 Å². The van der Waals surface area contributed by atoms with Gasteiger partial charge < -0.3 is 0 Å². The van der Waals surface area contributed by atoms with Crippen molar-refractivity contribution in [2.45, 2.75) is 33.6 Å². The Morgan fingerprint density at radius 1 is 1.33 bits per heavy atom. The number of hydrogen-bond donors (Lipinski definition) is 0. The summed E-state index contributed by atoms with van der Waals surface area (Å²) in [5, 5.41) is 1.12. The molecule has 0 bridgehead atoms. The molecule has 0 radical (unpaired) electrons.